The van der Waals surface area contributed by atoms with Crippen LogP contribution in [0.2, 0.25) is 5.02 Å². The summed E-state index contributed by atoms with van der Waals surface area (Å²) in [4.78, 5) is 14.6. The number of carbonyl (C=O) groups is 1. The second kappa shape index (κ2) is 9.30. The monoisotopic (exact) mass is 403 g/mol. The van der Waals surface area contributed by atoms with E-state index in [9.17, 15) is 9.90 Å². The van der Waals surface area contributed by atoms with Crippen LogP contribution < -0.4 is 9.47 Å². The Kier molecular flexibility index (Phi) is 6.81. The van der Waals surface area contributed by atoms with Gasteiger partial charge in [-0.3, -0.25) is 4.79 Å². The van der Waals surface area contributed by atoms with Crippen LogP contribution in [0.1, 0.15) is 24.8 Å². The molecule has 150 valence electrons. The Bertz CT molecular complexity index is 813. The number of amides is 1. The number of rotatable bonds is 6. The number of halogens is 1. The minimum atomic E-state index is -0.957. The zero-order valence-electron chi connectivity index (χ0n) is 16.1. The molecule has 1 unspecified atom stereocenters. The topological polar surface area (TPSA) is 59.0 Å². The number of para-hydroxylation sites is 1. The highest BCUT2D eigenvalue weighted by Gasteiger charge is 2.32. The molecule has 1 aliphatic rings. The lowest BCUT2D eigenvalue weighted by Crippen LogP contribution is -2.38. The van der Waals surface area contributed by atoms with Gasteiger partial charge in [0, 0.05) is 23.7 Å². The quantitative estimate of drug-likeness (QED) is 0.798. The van der Waals surface area contributed by atoms with Crippen LogP contribution in [0.25, 0.3) is 0 Å². The van der Waals surface area contributed by atoms with Gasteiger partial charge in [0.15, 0.2) is 0 Å². The molecule has 1 amide bonds. The lowest BCUT2D eigenvalue weighted by atomic mass is 9.96. The number of benzene rings is 2. The molecule has 3 rings (SSSR count). The van der Waals surface area contributed by atoms with Gasteiger partial charge < -0.3 is 19.5 Å². The van der Waals surface area contributed by atoms with Gasteiger partial charge in [0.2, 0.25) is 5.91 Å². The van der Waals surface area contributed by atoms with Crippen molar-refractivity contribution in [3.05, 3.63) is 59.1 Å². The van der Waals surface area contributed by atoms with E-state index in [1.54, 1.807) is 19.2 Å². The maximum atomic E-state index is 12.8. The molecule has 2 aromatic carbocycles. The van der Waals surface area contributed by atoms with E-state index in [1.807, 2.05) is 41.3 Å². The Morgan fingerprint density at radius 1 is 1.18 bits per heavy atom. The maximum Gasteiger partial charge on any atom is 0.227 e. The van der Waals surface area contributed by atoms with Crippen LogP contribution in [0.15, 0.2) is 48.5 Å². The van der Waals surface area contributed by atoms with E-state index in [2.05, 4.69) is 0 Å². The number of hydrogen-bond acceptors (Lipinski definition) is 4. The third-order valence-electron chi connectivity index (χ3n) is 5.11. The first kappa shape index (κ1) is 20.5. The van der Waals surface area contributed by atoms with Crippen molar-refractivity contribution in [2.45, 2.75) is 31.3 Å². The number of carbonyl (C=O) groups excluding carboxylic acids is 1. The van der Waals surface area contributed by atoms with Gasteiger partial charge in [-0.2, -0.15) is 0 Å². The van der Waals surface area contributed by atoms with Gasteiger partial charge in [0.1, 0.15) is 23.7 Å². The standard InChI is InChI=1S/C22H26ClNO4/c1-27-20-9-3-2-6-17(20)14-21(25)24-12-5-10-22(26,11-13-24)16-28-19-8-4-7-18(23)15-19/h2-4,6-9,15,26H,5,10-14,16H2,1H3. The van der Waals surface area contributed by atoms with Crippen molar-refractivity contribution in [1.29, 1.82) is 0 Å². The minimum Gasteiger partial charge on any atom is -0.496 e. The van der Waals surface area contributed by atoms with Gasteiger partial charge in [-0.25, -0.2) is 0 Å². The molecule has 0 bridgehead atoms. The van der Waals surface area contributed by atoms with Gasteiger partial charge in [-0.1, -0.05) is 35.9 Å². The lowest BCUT2D eigenvalue weighted by molar-refractivity contribution is -0.130. The Labute approximate surface area is 170 Å². The zero-order chi connectivity index (χ0) is 20.0. The first-order valence-corrected chi connectivity index (χ1v) is 9.87. The number of ether oxygens (including phenoxy) is 2. The van der Waals surface area contributed by atoms with E-state index in [-0.39, 0.29) is 12.5 Å². The van der Waals surface area contributed by atoms with Crippen molar-refractivity contribution in [3.8, 4) is 11.5 Å². The number of aliphatic hydroxyl groups is 1. The Morgan fingerprint density at radius 2 is 2.00 bits per heavy atom. The van der Waals surface area contributed by atoms with Crippen molar-refractivity contribution < 1.29 is 19.4 Å². The van der Waals surface area contributed by atoms with Crippen molar-refractivity contribution in [1.82, 2.24) is 4.90 Å². The average molecular weight is 404 g/mol. The van der Waals surface area contributed by atoms with Gasteiger partial charge >= 0.3 is 0 Å². The van der Waals surface area contributed by atoms with Gasteiger partial charge in [0.25, 0.3) is 0 Å². The summed E-state index contributed by atoms with van der Waals surface area (Å²) in [6.07, 6.45) is 2.09. The molecule has 6 heteroatoms. The molecule has 2 aromatic rings. The van der Waals surface area contributed by atoms with Crippen LogP contribution in [-0.2, 0) is 11.2 Å². The SMILES string of the molecule is COc1ccccc1CC(=O)N1CCCC(O)(COc2cccc(Cl)c2)CC1. The van der Waals surface area contributed by atoms with Crippen LogP contribution in [0, 0.1) is 0 Å². The largest absolute Gasteiger partial charge is 0.496 e. The Balaban J connectivity index is 1.56. The highest BCUT2D eigenvalue weighted by Crippen LogP contribution is 2.26. The van der Waals surface area contributed by atoms with E-state index in [0.717, 1.165) is 17.7 Å². The van der Waals surface area contributed by atoms with E-state index in [1.165, 1.54) is 0 Å². The first-order chi connectivity index (χ1) is 13.5. The van der Waals surface area contributed by atoms with Crippen molar-refractivity contribution in [2.75, 3.05) is 26.8 Å². The molecule has 1 atom stereocenters. The molecule has 0 aliphatic carbocycles. The van der Waals surface area contributed by atoms with Crippen LogP contribution in [0.5, 0.6) is 11.5 Å². The summed E-state index contributed by atoms with van der Waals surface area (Å²) in [5.74, 6) is 1.40. The van der Waals surface area contributed by atoms with Crippen molar-refractivity contribution in [2.24, 2.45) is 0 Å². The minimum absolute atomic E-state index is 0.0458. The third-order valence-corrected chi connectivity index (χ3v) is 5.34. The molecule has 1 aliphatic heterocycles. The van der Waals surface area contributed by atoms with Gasteiger partial charge in [-0.05, 0) is 43.5 Å². The van der Waals surface area contributed by atoms with Gasteiger partial charge in [0.05, 0.1) is 13.5 Å². The predicted molar refractivity (Wildman–Crippen MR) is 109 cm³/mol. The molecule has 1 N–H and O–H groups in total. The normalized spacial score (nSPS) is 19.8. The zero-order valence-corrected chi connectivity index (χ0v) is 16.8. The summed E-state index contributed by atoms with van der Waals surface area (Å²) in [7, 11) is 1.61. The molecular weight excluding hydrogens is 378 g/mol. The van der Waals surface area contributed by atoms with E-state index in [0.29, 0.717) is 43.1 Å². The van der Waals surface area contributed by atoms with E-state index < -0.39 is 5.60 Å². The summed E-state index contributed by atoms with van der Waals surface area (Å²) in [5.41, 5.74) is -0.0827. The summed E-state index contributed by atoms with van der Waals surface area (Å²) in [6.45, 7) is 1.32. The molecule has 0 aromatic heterocycles. The number of hydrogen-bond donors (Lipinski definition) is 1. The molecule has 0 saturated carbocycles. The number of nitrogens with zero attached hydrogens (tertiary/aromatic N) is 1. The molecule has 1 saturated heterocycles. The fraction of sp³-hybridized carbons (Fsp3) is 0.409. The molecule has 1 fully saturated rings. The fourth-order valence-corrected chi connectivity index (χ4v) is 3.65. The molecule has 5 nitrogen and oxygen atoms in total. The smallest absolute Gasteiger partial charge is 0.227 e. The number of likely N-dealkylation sites (tertiary alicyclic amines) is 1. The Morgan fingerprint density at radius 3 is 2.79 bits per heavy atom. The molecule has 0 spiro atoms. The van der Waals surface area contributed by atoms with E-state index >= 15 is 0 Å². The lowest BCUT2D eigenvalue weighted by Gasteiger charge is -2.27. The van der Waals surface area contributed by atoms with Crippen LogP contribution >= 0.6 is 11.6 Å². The summed E-state index contributed by atoms with van der Waals surface area (Å²) >= 11 is 5.97. The van der Waals surface area contributed by atoms with Crippen LogP contribution in [-0.4, -0.2) is 48.3 Å². The maximum absolute atomic E-state index is 12.8. The highest BCUT2D eigenvalue weighted by molar-refractivity contribution is 6.30. The summed E-state index contributed by atoms with van der Waals surface area (Å²) in [5, 5.41) is 11.5. The summed E-state index contributed by atoms with van der Waals surface area (Å²) < 4.78 is 11.1. The van der Waals surface area contributed by atoms with E-state index in [4.69, 9.17) is 21.1 Å². The second-order valence-electron chi connectivity index (χ2n) is 7.19. The average Bonchev–Trinajstić information content (AvgIpc) is 2.89. The van der Waals surface area contributed by atoms with Crippen molar-refractivity contribution in [3.63, 3.8) is 0 Å². The molecule has 1 heterocycles. The fourth-order valence-electron chi connectivity index (χ4n) is 3.47. The first-order valence-electron chi connectivity index (χ1n) is 9.49. The molecular formula is C22H26ClNO4. The highest BCUT2D eigenvalue weighted by atomic mass is 35.5. The van der Waals surface area contributed by atoms with Gasteiger partial charge in [-0.15, -0.1) is 0 Å². The number of methoxy groups -OCH3 is 1. The second-order valence-corrected chi connectivity index (χ2v) is 7.63. The van der Waals surface area contributed by atoms with Crippen LogP contribution in [0.3, 0.4) is 0 Å². The van der Waals surface area contributed by atoms with Crippen LogP contribution in [0.4, 0.5) is 0 Å². The molecule has 0 radical (unpaired) electrons. The third kappa shape index (κ3) is 5.40. The molecule has 28 heavy (non-hydrogen) atoms. The predicted octanol–water partition coefficient (Wildman–Crippen LogP) is 3.71. The summed E-state index contributed by atoms with van der Waals surface area (Å²) in [6, 6.07) is 14.7. The Hall–Kier alpha value is -2.24. The van der Waals surface area contributed by atoms with Crippen molar-refractivity contribution >= 4 is 17.5 Å².